The molecule has 0 heterocycles. The summed E-state index contributed by atoms with van der Waals surface area (Å²) in [6.45, 7) is 2.96. The van der Waals surface area contributed by atoms with Crippen LogP contribution in [0.2, 0.25) is 0 Å². The minimum absolute atomic E-state index is 0.181. The summed E-state index contributed by atoms with van der Waals surface area (Å²) in [5.74, 6) is 0.181. The lowest BCUT2D eigenvalue weighted by Crippen LogP contribution is -2.18. The topological polar surface area (TPSA) is 88.5 Å². The maximum absolute atomic E-state index is 13.1. The van der Waals surface area contributed by atoms with Crippen molar-refractivity contribution >= 4 is 29.3 Å². The van der Waals surface area contributed by atoms with Gasteiger partial charge >= 0.3 is 6.18 Å². The van der Waals surface area contributed by atoms with E-state index < -0.39 is 11.7 Å². The number of nitrogens with zero attached hydrogens (tertiary/aromatic N) is 1. The zero-order valence-corrected chi connectivity index (χ0v) is 15.6. The lowest BCUT2D eigenvalue weighted by Gasteiger charge is -2.16. The average Bonchev–Trinajstić information content (AvgIpc) is 2.62. The molecule has 0 saturated heterocycles. The summed E-state index contributed by atoms with van der Waals surface area (Å²) in [5.41, 5.74) is 7.58. The molecule has 6 N–H and O–H groups in total. The zero-order valence-electron chi connectivity index (χ0n) is 14.8. The highest BCUT2D eigenvalue weighted by atomic mass is 32.2. The van der Waals surface area contributed by atoms with Gasteiger partial charge in [-0.15, -0.1) is 0 Å². The molecular weight excluding hydrogens is 375 g/mol. The van der Waals surface area contributed by atoms with Crippen molar-refractivity contribution in [2.24, 2.45) is 15.9 Å². The van der Waals surface area contributed by atoms with Crippen LogP contribution in [-0.4, -0.2) is 18.9 Å². The second-order valence-electron chi connectivity index (χ2n) is 5.83. The van der Waals surface area contributed by atoms with Crippen molar-refractivity contribution in [3.05, 3.63) is 59.2 Å². The van der Waals surface area contributed by atoms with E-state index in [1.54, 1.807) is 6.07 Å². The fraction of sp³-hybridized carbons (Fsp3) is 0.278. The van der Waals surface area contributed by atoms with Gasteiger partial charge in [-0.2, -0.15) is 13.2 Å². The first-order chi connectivity index (χ1) is 12.8. The number of rotatable bonds is 8. The molecule has 5 nitrogen and oxygen atoms in total. The third-order valence-electron chi connectivity index (χ3n) is 3.84. The van der Waals surface area contributed by atoms with Gasteiger partial charge in [0.25, 0.3) is 0 Å². The van der Waals surface area contributed by atoms with Gasteiger partial charge in [0.15, 0.2) is 0 Å². The average molecular weight is 397 g/mol. The molecule has 146 valence electrons. The SMILES string of the molecule is Cc1ccccc1Nc1cc(C(F)(F)F)ccc1C(N)=NCCCNSN. The van der Waals surface area contributed by atoms with E-state index in [-0.39, 0.29) is 11.5 Å². The van der Waals surface area contributed by atoms with E-state index in [2.05, 4.69) is 15.0 Å². The van der Waals surface area contributed by atoms with Crippen LogP contribution in [0.15, 0.2) is 47.5 Å². The molecule has 0 amide bonds. The van der Waals surface area contributed by atoms with E-state index >= 15 is 0 Å². The number of hydrogen-bond donors (Lipinski definition) is 4. The van der Waals surface area contributed by atoms with Gasteiger partial charge in [0.1, 0.15) is 5.84 Å². The Morgan fingerprint density at radius 1 is 1.15 bits per heavy atom. The summed E-state index contributed by atoms with van der Waals surface area (Å²) in [6.07, 6.45) is -3.75. The van der Waals surface area contributed by atoms with Crippen LogP contribution in [-0.2, 0) is 6.18 Å². The Balaban J connectivity index is 2.32. The highest BCUT2D eigenvalue weighted by Gasteiger charge is 2.31. The fourth-order valence-corrected chi connectivity index (χ4v) is 2.66. The number of nitrogens with one attached hydrogen (secondary N) is 2. The number of anilines is 2. The highest BCUT2D eigenvalue weighted by molar-refractivity contribution is 7.95. The van der Waals surface area contributed by atoms with Crippen molar-refractivity contribution in [1.82, 2.24) is 4.72 Å². The Kier molecular flexibility index (Phi) is 7.52. The monoisotopic (exact) mass is 397 g/mol. The number of amidine groups is 1. The standard InChI is InChI=1S/C18H22F3N5S/c1-12-5-2-3-6-15(12)26-16-11-13(18(19,20)21)7-8-14(16)17(22)24-9-4-10-25-27-23/h2-3,5-8,11,25-26H,4,9-10,23H2,1H3,(H2,22,24). The third-order valence-corrected chi connectivity index (χ3v) is 4.21. The summed E-state index contributed by atoms with van der Waals surface area (Å²) >= 11 is 1.02. The predicted molar refractivity (Wildman–Crippen MR) is 106 cm³/mol. The van der Waals surface area contributed by atoms with Crippen molar-refractivity contribution in [2.45, 2.75) is 19.5 Å². The number of halogens is 3. The number of hydrogen-bond acceptors (Lipinski definition) is 5. The van der Waals surface area contributed by atoms with Crippen LogP contribution in [0, 0.1) is 6.92 Å². The summed E-state index contributed by atoms with van der Waals surface area (Å²) in [7, 11) is 0. The van der Waals surface area contributed by atoms with Crippen LogP contribution >= 0.6 is 12.1 Å². The molecule has 0 unspecified atom stereocenters. The minimum atomic E-state index is -4.45. The van der Waals surface area contributed by atoms with Crippen LogP contribution in [0.5, 0.6) is 0 Å². The third kappa shape index (κ3) is 6.16. The molecule has 2 aromatic rings. The molecule has 0 aliphatic carbocycles. The molecule has 0 fully saturated rings. The van der Waals surface area contributed by atoms with Crippen LogP contribution in [0.4, 0.5) is 24.5 Å². The summed E-state index contributed by atoms with van der Waals surface area (Å²) in [5, 5.41) is 8.31. The van der Waals surface area contributed by atoms with E-state index in [1.165, 1.54) is 6.07 Å². The number of para-hydroxylation sites is 1. The van der Waals surface area contributed by atoms with Crippen LogP contribution in [0.3, 0.4) is 0 Å². The van der Waals surface area contributed by atoms with Gasteiger partial charge in [-0.3, -0.25) is 14.9 Å². The zero-order chi connectivity index (χ0) is 19.9. The van der Waals surface area contributed by atoms with Crippen LogP contribution < -0.4 is 20.9 Å². The molecule has 0 spiro atoms. The molecule has 2 aromatic carbocycles. The normalized spacial score (nSPS) is 12.3. The lowest BCUT2D eigenvalue weighted by molar-refractivity contribution is -0.137. The van der Waals surface area contributed by atoms with Gasteiger partial charge in [0.2, 0.25) is 0 Å². The van der Waals surface area contributed by atoms with Gasteiger partial charge in [-0.25, -0.2) is 0 Å². The molecular formula is C18H22F3N5S. The number of benzene rings is 2. The summed E-state index contributed by atoms with van der Waals surface area (Å²) in [4.78, 5) is 4.27. The smallest absolute Gasteiger partial charge is 0.383 e. The molecule has 0 atom stereocenters. The Morgan fingerprint density at radius 2 is 1.89 bits per heavy atom. The second kappa shape index (κ2) is 9.63. The van der Waals surface area contributed by atoms with Gasteiger partial charge in [-0.05, 0) is 43.2 Å². The first kappa shape index (κ1) is 21.1. The first-order valence-electron chi connectivity index (χ1n) is 8.25. The molecule has 0 bridgehead atoms. The summed E-state index contributed by atoms with van der Waals surface area (Å²) in [6, 6.07) is 10.7. The lowest BCUT2D eigenvalue weighted by atomic mass is 10.1. The van der Waals surface area contributed by atoms with E-state index in [0.29, 0.717) is 30.8 Å². The first-order valence-corrected chi connectivity index (χ1v) is 9.13. The Labute approximate surface area is 160 Å². The minimum Gasteiger partial charge on any atom is -0.383 e. The van der Waals surface area contributed by atoms with E-state index in [4.69, 9.17) is 10.9 Å². The predicted octanol–water partition coefficient (Wildman–Crippen LogP) is 3.96. The quantitative estimate of drug-likeness (QED) is 0.234. The molecule has 2 rings (SSSR count). The van der Waals surface area contributed by atoms with Crippen molar-refractivity contribution in [1.29, 1.82) is 0 Å². The fourth-order valence-electron chi connectivity index (χ4n) is 2.40. The van der Waals surface area contributed by atoms with Crippen molar-refractivity contribution in [3.63, 3.8) is 0 Å². The number of nitrogens with two attached hydrogens (primary N) is 2. The van der Waals surface area contributed by atoms with Crippen LogP contribution in [0.1, 0.15) is 23.1 Å². The molecule has 27 heavy (non-hydrogen) atoms. The Morgan fingerprint density at radius 3 is 2.56 bits per heavy atom. The Bertz CT molecular complexity index is 793. The highest BCUT2D eigenvalue weighted by Crippen LogP contribution is 2.33. The largest absolute Gasteiger partial charge is 0.416 e. The van der Waals surface area contributed by atoms with E-state index in [0.717, 1.165) is 29.8 Å². The maximum atomic E-state index is 13.1. The van der Waals surface area contributed by atoms with Crippen molar-refractivity contribution in [2.75, 3.05) is 18.4 Å². The van der Waals surface area contributed by atoms with Crippen LogP contribution in [0.25, 0.3) is 0 Å². The Hall–Kier alpha value is -2.23. The molecule has 0 aliphatic rings. The van der Waals surface area contributed by atoms with Gasteiger partial charge in [0, 0.05) is 36.5 Å². The number of aryl methyl sites for hydroxylation is 1. The van der Waals surface area contributed by atoms with Gasteiger partial charge in [0.05, 0.1) is 11.3 Å². The van der Waals surface area contributed by atoms with Gasteiger partial charge in [-0.1, -0.05) is 18.2 Å². The maximum Gasteiger partial charge on any atom is 0.416 e. The molecule has 0 saturated carbocycles. The molecule has 0 radical (unpaired) electrons. The molecule has 0 aliphatic heterocycles. The van der Waals surface area contributed by atoms with E-state index in [1.807, 2.05) is 25.1 Å². The van der Waals surface area contributed by atoms with Crippen molar-refractivity contribution < 1.29 is 13.2 Å². The van der Waals surface area contributed by atoms with E-state index in [9.17, 15) is 13.2 Å². The molecule has 9 heteroatoms. The number of alkyl halides is 3. The second-order valence-corrected chi connectivity index (χ2v) is 6.36. The summed E-state index contributed by atoms with van der Waals surface area (Å²) < 4.78 is 42.3. The number of aliphatic imine (C=N–C) groups is 1. The molecule has 0 aromatic heterocycles. The van der Waals surface area contributed by atoms with Gasteiger partial charge < -0.3 is 11.1 Å². The van der Waals surface area contributed by atoms with Crippen molar-refractivity contribution in [3.8, 4) is 0 Å².